The first kappa shape index (κ1) is 23.3. The van der Waals surface area contributed by atoms with Gasteiger partial charge in [0.1, 0.15) is 0 Å². The van der Waals surface area contributed by atoms with E-state index >= 15 is 0 Å². The first-order valence-electron chi connectivity index (χ1n) is 11.2. The summed E-state index contributed by atoms with van der Waals surface area (Å²) in [6, 6.07) is 18.6. The van der Waals surface area contributed by atoms with E-state index in [2.05, 4.69) is 26.8 Å². The number of hydrogen-bond acceptors (Lipinski definition) is 3. The van der Waals surface area contributed by atoms with Crippen LogP contribution in [-0.2, 0) is 11.2 Å². The van der Waals surface area contributed by atoms with E-state index in [1.165, 1.54) is 5.56 Å². The third-order valence-electron chi connectivity index (χ3n) is 5.61. The first-order chi connectivity index (χ1) is 15.4. The number of carbonyl (C=O) groups excluding carboxylic acids is 1. The molecule has 32 heavy (non-hydrogen) atoms. The highest BCUT2D eigenvalue weighted by Crippen LogP contribution is 2.42. The van der Waals surface area contributed by atoms with Gasteiger partial charge < -0.3 is 9.84 Å². The number of carbonyl (C=O) groups is 2. The van der Waals surface area contributed by atoms with Crippen LogP contribution in [0.4, 0.5) is 0 Å². The maximum atomic E-state index is 12.7. The quantitative estimate of drug-likeness (QED) is 0.392. The minimum atomic E-state index is -0.970. The molecule has 0 aliphatic heterocycles. The molecule has 3 aromatic rings. The summed E-state index contributed by atoms with van der Waals surface area (Å²) < 4.78 is 5.30. The van der Waals surface area contributed by atoms with Crippen LogP contribution in [0.3, 0.4) is 0 Å². The van der Waals surface area contributed by atoms with Gasteiger partial charge in [-0.25, -0.2) is 9.59 Å². The lowest BCUT2D eigenvalue weighted by Crippen LogP contribution is -2.09. The molecule has 0 fully saturated rings. The van der Waals surface area contributed by atoms with Crippen molar-refractivity contribution in [2.45, 2.75) is 46.5 Å². The Morgan fingerprint density at radius 2 is 1.47 bits per heavy atom. The summed E-state index contributed by atoms with van der Waals surface area (Å²) in [4.78, 5) is 24.8. The van der Waals surface area contributed by atoms with Crippen molar-refractivity contribution < 1.29 is 19.4 Å². The van der Waals surface area contributed by atoms with Gasteiger partial charge in [0.25, 0.3) is 0 Å². The Morgan fingerprint density at radius 1 is 0.844 bits per heavy atom. The van der Waals surface area contributed by atoms with E-state index in [9.17, 15) is 14.7 Å². The smallest absolute Gasteiger partial charge is 0.338 e. The van der Waals surface area contributed by atoms with Gasteiger partial charge in [-0.05, 0) is 64.8 Å². The van der Waals surface area contributed by atoms with Crippen molar-refractivity contribution >= 4 is 11.9 Å². The molecule has 3 rings (SSSR count). The zero-order chi connectivity index (χ0) is 23.3. The second kappa shape index (κ2) is 10.3. The third kappa shape index (κ3) is 4.59. The molecular formula is C28H30O4. The molecule has 0 unspecified atom stereocenters. The average molecular weight is 431 g/mol. The Bertz CT molecular complexity index is 1130. The van der Waals surface area contributed by atoms with Crippen LogP contribution < -0.4 is 0 Å². The number of carboxylic acids is 1. The van der Waals surface area contributed by atoms with E-state index in [4.69, 9.17) is 4.74 Å². The second-order valence-corrected chi connectivity index (χ2v) is 8.08. The molecule has 0 spiro atoms. The molecule has 4 nitrogen and oxygen atoms in total. The number of esters is 1. The maximum absolute atomic E-state index is 12.7. The summed E-state index contributed by atoms with van der Waals surface area (Å²) in [6.45, 7) is 8.48. The molecule has 0 radical (unpaired) electrons. The fourth-order valence-electron chi connectivity index (χ4n) is 4.25. The molecule has 0 atom stereocenters. The van der Waals surface area contributed by atoms with E-state index in [-0.39, 0.29) is 24.1 Å². The van der Waals surface area contributed by atoms with E-state index < -0.39 is 5.97 Å². The lowest BCUT2D eigenvalue weighted by molar-refractivity contribution is 0.0526. The van der Waals surface area contributed by atoms with Crippen LogP contribution >= 0.6 is 0 Å². The van der Waals surface area contributed by atoms with E-state index in [0.29, 0.717) is 11.1 Å². The van der Waals surface area contributed by atoms with Crippen LogP contribution in [0, 0.1) is 0 Å². The first-order valence-corrected chi connectivity index (χ1v) is 11.2. The molecule has 1 N–H and O–H groups in total. The number of benzene rings is 3. The highest BCUT2D eigenvalue weighted by molar-refractivity contribution is 6.03. The van der Waals surface area contributed by atoms with Crippen LogP contribution in [0.25, 0.3) is 22.3 Å². The molecule has 0 bridgehead atoms. The van der Waals surface area contributed by atoms with Crippen molar-refractivity contribution in [2.24, 2.45) is 0 Å². The van der Waals surface area contributed by atoms with Crippen LogP contribution in [0.1, 0.15) is 71.9 Å². The Balaban J connectivity index is 2.44. The van der Waals surface area contributed by atoms with Crippen molar-refractivity contribution in [1.29, 1.82) is 0 Å². The van der Waals surface area contributed by atoms with Gasteiger partial charge in [0, 0.05) is 0 Å². The summed E-state index contributed by atoms with van der Waals surface area (Å²) >= 11 is 0. The van der Waals surface area contributed by atoms with Crippen molar-refractivity contribution in [3.63, 3.8) is 0 Å². The SMILES string of the molecule is CCCc1c(C(C)C)ccc(-c2ccccc2C(=O)OCC)c1-c1ccccc1C(=O)O. The zero-order valence-corrected chi connectivity index (χ0v) is 19.1. The Kier molecular flexibility index (Phi) is 7.47. The predicted molar refractivity (Wildman–Crippen MR) is 128 cm³/mol. The van der Waals surface area contributed by atoms with Gasteiger partial charge in [-0.3, -0.25) is 0 Å². The molecule has 4 heteroatoms. The molecular weight excluding hydrogens is 400 g/mol. The number of hydrogen-bond donors (Lipinski definition) is 1. The van der Waals surface area contributed by atoms with Gasteiger partial charge in [-0.15, -0.1) is 0 Å². The number of aromatic carboxylic acids is 1. The van der Waals surface area contributed by atoms with Gasteiger partial charge in [0.2, 0.25) is 0 Å². The van der Waals surface area contributed by atoms with Crippen molar-refractivity contribution in [3.05, 3.63) is 82.9 Å². The molecule has 0 aliphatic carbocycles. The largest absolute Gasteiger partial charge is 0.478 e. The van der Waals surface area contributed by atoms with Crippen LogP contribution in [0.5, 0.6) is 0 Å². The van der Waals surface area contributed by atoms with Gasteiger partial charge in [0.15, 0.2) is 0 Å². The summed E-state index contributed by atoms with van der Waals surface area (Å²) in [5.41, 5.74) is 6.19. The van der Waals surface area contributed by atoms with E-state index in [1.54, 1.807) is 25.1 Å². The Morgan fingerprint density at radius 3 is 2.06 bits per heavy atom. The van der Waals surface area contributed by atoms with E-state index in [0.717, 1.165) is 35.1 Å². The predicted octanol–water partition coefficient (Wildman–Crippen LogP) is 6.97. The zero-order valence-electron chi connectivity index (χ0n) is 19.1. The highest BCUT2D eigenvalue weighted by atomic mass is 16.5. The van der Waals surface area contributed by atoms with Crippen LogP contribution in [-0.4, -0.2) is 23.7 Å². The normalized spacial score (nSPS) is 10.9. The molecule has 0 saturated heterocycles. The fraction of sp³-hybridized carbons (Fsp3) is 0.286. The number of carboxylic acid groups (broad SMARTS) is 1. The van der Waals surface area contributed by atoms with Gasteiger partial charge >= 0.3 is 11.9 Å². The Hall–Kier alpha value is -3.40. The summed E-state index contributed by atoms with van der Waals surface area (Å²) in [6.07, 6.45) is 1.73. The molecule has 0 aromatic heterocycles. The maximum Gasteiger partial charge on any atom is 0.338 e. The topological polar surface area (TPSA) is 63.6 Å². The van der Waals surface area contributed by atoms with Gasteiger partial charge in [-0.1, -0.05) is 75.7 Å². The molecule has 0 amide bonds. The van der Waals surface area contributed by atoms with Crippen molar-refractivity contribution in [1.82, 2.24) is 0 Å². The highest BCUT2D eigenvalue weighted by Gasteiger charge is 2.24. The van der Waals surface area contributed by atoms with Crippen LogP contribution in [0.15, 0.2) is 60.7 Å². The molecule has 3 aromatic carbocycles. The lowest BCUT2D eigenvalue weighted by Gasteiger charge is -2.23. The van der Waals surface area contributed by atoms with Crippen LogP contribution in [0.2, 0.25) is 0 Å². The lowest BCUT2D eigenvalue weighted by atomic mass is 9.81. The summed E-state index contributed by atoms with van der Waals surface area (Å²) in [5.74, 6) is -1.07. The van der Waals surface area contributed by atoms with Gasteiger partial charge in [0.05, 0.1) is 17.7 Å². The second-order valence-electron chi connectivity index (χ2n) is 8.08. The molecule has 0 aliphatic rings. The third-order valence-corrected chi connectivity index (χ3v) is 5.61. The summed E-state index contributed by atoms with van der Waals surface area (Å²) in [7, 11) is 0. The minimum absolute atomic E-state index is 0.251. The average Bonchev–Trinajstić information content (AvgIpc) is 2.79. The van der Waals surface area contributed by atoms with Gasteiger partial charge in [-0.2, -0.15) is 0 Å². The van der Waals surface area contributed by atoms with E-state index in [1.807, 2.05) is 36.4 Å². The van der Waals surface area contributed by atoms with Crippen molar-refractivity contribution in [3.8, 4) is 22.3 Å². The number of ether oxygens (including phenoxy) is 1. The van der Waals surface area contributed by atoms with Crippen molar-refractivity contribution in [2.75, 3.05) is 6.61 Å². The molecule has 166 valence electrons. The summed E-state index contributed by atoms with van der Waals surface area (Å²) in [5, 5.41) is 9.93. The monoisotopic (exact) mass is 430 g/mol. The minimum Gasteiger partial charge on any atom is -0.478 e. The molecule has 0 saturated carbocycles. The molecule has 0 heterocycles. The number of rotatable bonds is 8. The fourth-order valence-corrected chi connectivity index (χ4v) is 4.25. The Labute approximate surface area is 189 Å². The standard InChI is InChI=1S/C28H30O4/c1-5-11-21-19(18(3)4)16-17-23(20-12-7-10-15-25(20)28(31)32-6-2)26(21)22-13-8-9-14-24(22)27(29)30/h7-10,12-18H,5-6,11H2,1-4H3,(H,29,30).